The zero-order valence-electron chi connectivity index (χ0n) is 17.9. The molecular weight excluding hydrogens is 338 g/mol. The third-order valence-corrected chi connectivity index (χ3v) is 5.12. The number of unbranched alkanes of at least 4 members (excludes halogenated alkanes) is 15. The zero-order chi connectivity index (χ0) is 20.0. The van der Waals surface area contributed by atoms with E-state index < -0.39 is 6.04 Å². The molecule has 27 heavy (non-hydrogen) atoms. The fourth-order valence-electron chi connectivity index (χ4n) is 3.26. The Morgan fingerprint density at radius 3 is 1.59 bits per heavy atom. The highest BCUT2D eigenvalue weighted by Crippen LogP contribution is 2.13. The molecule has 4 nitrogen and oxygen atoms in total. The first-order valence-electron chi connectivity index (χ1n) is 11.6. The first-order chi connectivity index (χ1) is 13.2. The Morgan fingerprint density at radius 1 is 0.778 bits per heavy atom. The fraction of sp³-hybridized carbons (Fsp3) is 0.913. The molecule has 0 amide bonds. The summed E-state index contributed by atoms with van der Waals surface area (Å²) in [6.45, 7) is 2.77. The number of ether oxygens (including phenoxy) is 1. The summed E-state index contributed by atoms with van der Waals surface area (Å²) in [6.07, 6.45) is 22.6. The molecule has 0 fully saturated rings. The average Bonchev–Trinajstić information content (AvgIpc) is 2.68. The third-order valence-electron chi connectivity index (χ3n) is 5.12. The van der Waals surface area contributed by atoms with Crippen LogP contribution in [-0.2, 0) is 14.3 Å². The summed E-state index contributed by atoms with van der Waals surface area (Å²) in [5, 5.41) is 0. The first-order valence-corrected chi connectivity index (χ1v) is 11.6. The summed E-state index contributed by atoms with van der Waals surface area (Å²) >= 11 is 0. The van der Waals surface area contributed by atoms with E-state index in [9.17, 15) is 9.59 Å². The van der Waals surface area contributed by atoms with Crippen LogP contribution in [0.2, 0.25) is 0 Å². The lowest BCUT2D eigenvalue weighted by atomic mass is 10.0. The van der Waals surface area contributed by atoms with Gasteiger partial charge in [-0.3, -0.25) is 4.79 Å². The number of nitrogens with two attached hydrogens (primary N) is 1. The predicted octanol–water partition coefficient (Wildman–Crippen LogP) is 6.10. The lowest BCUT2D eigenvalue weighted by Crippen LogP contribution is -2.22. The maximum absolute atomic E-state index is 11.4. The largest absolute Gasteiger partial charge is 0.466 e. The molecule has 0 aromatic heterocycles. The fourth-order valence-corrected chi connectivity index (χ4v) is 3.26. The van der Waals surface area contributed by atoms with Gasteiger partial charge >= 0.3 is 5.97 Å². The Balaban J connectivity index is 3.12. The summed E-state index contributed by atoms with van der Waals surface area (Å²) < 4.78 is 5.15. The van der Waals surface area contributed by atoms with Gasteiger partial charge in [0.1, 0.15) is 6.29 Å². The number of esters is 1. The first kappa shape index (κ1) is 26.1. The number of aldehydes is 1. The lowest BCUT2D eigenvalue weighted by Gasteiger charge is -2.06. The van der Waals surface area contributed by atoms with Crippen molar-refractivity contribution in [2.75, 3.05) is 6.61 Å². The molecule has 0 aliphatic rings. The summed E-state index contributed by atoms with van der Waals surface area (Å²) in [4.78, 5) is 21.8. The van der Waals surface area contributed by atoms with Crippen LogP contribution in [0, 0.1) is 0 Å². The number of hydrogen-bond donors (Lipinski definition) is 1. The van der Waals surface area contributed by atoms with Gasteiger partial charge in [0, 0.05) is 6.42 Å². The lowest BCUT2D eigenvalue weighted by molar-refractivity contribution is -0.143. The Labute approximate surface area is 168 Å². The van der Waals surface area contributed by atoms with Crippen LogP contribution < -0.4 is 5.73 Å². The van der Waals surface area contributed by atoms with Crippen molar-refractivity contribution in [1.82, 2.24) is 0 Å². The van der Waals surface area contributed by atoms with Crippen LogP contribution in [-0.4, -0.2) is 24.9 Å². The topological polar surface area (TPSA) is 69.4 Å². The number of rotatable bonds is 21. The standard InChI is InChI=1S/C23H45NO3/c1-2-3-4-5-6-7-8-9-10-11-12-13-14-15-16-17-20-27-23(26)19-18-22(24)21-25/h21-22H,2-20,24H2,1H3. The molecule has 4 heteroatoms. The van der Waals surface area contributed by atoms with E-state index in [1.54, 1.807) is 0 Å². The van der Waals surface area contributed by atoms with Crippen LogP contribution in [0.15, 0.2) is 0 Å². The van der Waals surface area contributed by atoms with Crippen LogP contribution >= 0.6 is 0 Å². The van der Waals surface area contributed by atoms with Gasteiger partial charge in [-0.2, -0.15) is 0 Å². The smallest absolute Gasteiger partial charge is 0.305 e. The minimum absolute atomic E-state index is 0.235. The van der Waals surface area contributed by atoms with Gasteiger partial charge in [-0.1, -0.05) is 103 Å². The van der Waals surface area contributed by atoms with Crippen LogP contribution in [0.4, 0.5) is 0 Å². The second-order valence-corrected chi connectivity index (χ2v) is 7.86. The molecule has 2 N–H and O–H groups in total. The van der Waals surface area contributed by atoms with Crippen molar-refractivity contribution in [2.24, 2.45) is 5.73 Å². The Morgan fingerprint density at radius 2 is 1.19 bits per heavy atom. The quantitative estimate of drug-likeness (QED) is 0.148. The second-order valence-electron chi connectivity index (χ2n) is 7.86. The van der Waals surface area contributed by atoms with Crippen LogP contribution in [0.5, 0.6) is 0 Å². The highest BCUT2D eigenvalue weighted by molar-refractivity contribution is 5.70. The molecule has 1 atom stereocenters. The number of hydrogen-bond acceptors (Lipinski definition) is 4. The maximum atomic E-state index is 11.4. The molecule has 0 saturated carbocycles. The van der Waals surface area contributed by atoms with E-state index in [1.807, 2.05) is 0 Å². The van der Waals surface area contributed by atoms with Gasteiger partial charge < -0.3 is 15.3 Å². The van der Waals surface area contributed by atoms with Crippen LogP contribution in [0.1, 0.15) is 122 Å². The summed E-state index contributed by atoms with van der Waals surface area (Å²) in [7, 11) is 0. The molecule has 0 aliphatic heterocycles. The summed E-state index contributed by atoms with van der Waals surface area (Å²) in [5.74, 6) is -0.242. The Kier molecular flexibility index (Phi) is 20.7. The van der Waals surface area contributed by atoms with Gasteiger partial charge in [0.05, 0.1) is 12.6 Å². The molecule has 0 aromatic carbocycles. The molecule has 0 spiro atoms. The molecule has 1 unspecified atom stereocenters. The normalized spacial score (nSPS) is 12.1. The van der Waals surface area contributed by atoms with E-state index in [0.29, 0.717) is 19.3 Å². The van der Waals surface area contributed by atoms with E-state index in [1.165, 1.54) is 89.9 Å². The van der Waals surface area contributed by atoms with E-state index >= 15 is 0 Å². The number of carbonyl (C=O) groups is 2. The highest BCUT2D eigenvalue weighted by atomic mass is 16.5. The third kappa shape index (κ3) is 21.3. The minimum atomic E-state index is -0.548. The summed E-state index contributed by atoms with van der Waals surface area (Å²) in [6, 6.07) is -0.548. The van der Waals surface area contributed by atoms with Gasteiger partial charge in [0.15, 0.2) is 0 Å². The Bertz CT molecular complexity index is 334. The maximum Gasteiger partial charge on any atom is 0.305 e. The van der Waals surface area contributed by atoms with Gasteiger partial charge in [-0.15, -0.1) is 0 Å². The molecular formula is C23H45NO3. The van der Waals surface area contributed by atoms with Crippen molar-refractivity contribution in [3.8, 4) is 0 Å². The molecule has 0 aromatic rings. The molecule has 0 aliphatic carbocycles. The van der Waals surface area contributed by atoms with E-state index in [0.717, 1.165) is 12.8 Å². The molecule has 0 rings (SSSR count). The van der Waals surface area contributed by atoms with E-state index in [2.05, 4.69) is 6.92 Å². The molecule has 0 bridgehead atoms. The second kappa shape index (κ2) is 21.4. The monoisotopic (exact) mass is 383 g/mol. The Hall–Kier alpha value is -0.900. The van der Waals surface area contributed by atoms with E-state index in [-0.39, 0.29) is 12.4 Å². The van der Waals surface area contributed by atoms with Crippen molar-refractivity contribution in [3.05, 3.63) is 0 Å². The molecule has 0 heterocycles. The molecule has 160 valence electrons. The molecule has 0 saturated heterocycles. The zero-order valence-corrected chi connectivity index (χ0v) is 17.9. The van der Waals surface area contributed by atoms with Gasteiger partial charge in [-0.25, -0.2) is 0 Å². The van der Waals surface area contributed by atoms with E-state index in [4.69, 9.17) is 10.5 Å². The predicted molar refractivity (Wildman–Crippen MR) is 114 cm³/mol. The molecule has 0 radical (unpaired) electrons. The SMILES string of the molecule is CCCCCCCCCCCCCCCCCCOC(=O)CCC(N)C=O. The van der Waals surface area contributed by atoms with Gasteiger partial charge in [0.2, 0.25) is 0 Å². The van der Waals surface area contributed by atoms with Crippen molar-refractivity contribution < 1.29 is 14.3 Å². The van der Waals surface area contributed by atoms with Gasteiger partial charge in [-0.05, 0) is 12.8 Å². The highest BCUT2D eigenvalue weighted by Gasteiger charge is 2.06. The van der Waals surface area contributed by atoms with Crippen molar-refractivity contribution in [2.45, 2.75) is 129 Å². The van der Waals surface area contributed by atoms with Crippen LogP contribution in [0.3, 0.4) is 0 Å². The minimum Gasteiger partial charge on any atom is -0.466 e. The van der Waals surface area contributed by atoms with Crippen molar-refractivity contribution in [3.63, 3.8) is 0 Å². The van der Waals surface area contributed by atoms with Crippen molar-refractivity contribution >= 4 is 12.3 Å². The van der Waals surface area contributed by atoms with Crippen molar-refractivity contribution in [1.29, 1.82) is 0 Å². The number of carbonyl (C=O) groups excluding carboxylic acids is 2. The van der Waals surface area contributed by atoms with Gasteiger partial charge in [0.25, 0.3) is 0 Å². The average molecular weight is 384 g/mol. The van der Waals surface area contributed by atoms with Crippen LogP contribution in [0.25, 0.3) is 0 Å². The summed E-state index contributed by atoms with van der Waals surface area (Å²) in [5.41, 5.74) is 5.44.